The van der Waals surface area contributed by atoms with E-state index in [1.807, 2.05) is 16.8 Å². The fourth-order valence-electron chi connectivity index (χ4n) is 1.31. The minimum absolute atomic E-state index is 0.259. The van der Waals surface area contributed by atoms with E-state index in [-0.39, 0.29) is 5.91 Å². The highest BCUT2D eigenvalue weighted by Gasteiger charge is 2.05. The van der Waals surface area contributed by atoms with Gasteiger partial charge in [0.1, 0.15) is 5.82 Å². The summed E-state index contributed by atoms with van der Waals surface area (Å²) >= 11 is 1.58. The fourth-order valence-corrected chi connectivity index (χ4v) is 1.98. The van der Waals surface area contributed by atoms with Gasteiger partial charge in [0.2, 0.25) is 0 Å². The quantitative estimate of drug-likeness (QED) is 0.870. The van der Waals surface area contributed by atoms with Crippen molar-refractivity contribution < 1.29 is 9.18 Å². The molecule has 0 radical (unpaired) electrons. The van der Waals surface area contributed by atoms with E-state index >= 15 is 0 Å². The molecule has 2 nitrogen and oxygen atoms in total. The number of thiophene rings is 1. The fraction of sp³-hybridized carbons (Fsp3) is 0.0833. The van der Waals surface area contributed by atoms with Crippen LogP contribution >= 0.6 is 11.3 Å². The van der Waals surface area contributed by atoms with Crippen LogP contribution in [0.3, 0.4) is 0 Å². The third-order valence-electron chi connectivity index (χ3n) is 2.12. The van der Waals surface area contributed by atoms with Gasteiger partial charge in [0.25, 0.3) is 5.91 Å². The number of nitrogens with one attached hydrogen (secondary N) is 1. The number of carbonyl (C=O) groups is 1. The van der Waals surface area contributed by atoms with Crippen LogP contribution in [-0.2, 0) is 6.54 Å². The lowest BCUT2D eigenvalue weighted by atomic mass is 10.2. The van der Waals surface area contributed by atoms with Gasteiger partial charge >= 0.3 is 0 Å². The molecule has 16 heavy (non-hydrogen) atoms. The van der Waals surface area contributed by atoms with Crippen LogP contribution in [0, 0.1) is 5.82 Å². The summed E-state index contributed by atoms with van der Waals surface area (Å²) < 4.78 is 12.9. The minimum atomic E-state index is -0.400. The maximum Gasteiger partial charge on any atom is 0.251 e. The van der Waals surface area contributed by atoms with Crippen molar-refractivity contribution in [1.82, 2.24) is 5.32 Å². The van der Waals surface area contributed by atoms with E-state index in [2.05, 4.69) is 5.32 Å². The lowest BCUT2D eigenvalue weighted by Gasteiger charge is -2.03. The van der Waals surface area contributed by atoms with Crippen LogP contribution in [0.4, 0.5) is 4.39 Å². The monoisotopic (exact) mass is 235 g/mol. The molecule has 1 amide bonds. The summed E-state index contributed by atoms with van der Waals surface area (Å²) in [5.74, 6) is -0.658. The zero-order chi connectivity index (χ0) is 11.4. The van der Waals surface area contributed by atoms with Gasteiger partial charge in [-0.25, -0.2) is 4.39 Å². The molecule has 0 unspecified atom stereocenters. The Bertz CT molecular complexity index is 482. The number of benzene rings is 1. The topological polar surface area (TPSA) is 29.1 Å². The first-order chi connectivity index (χ1) is 7.75. The highest BCUT2D eigenvalue weighted by molar-refractivity contribution is 7.07. The first-order valence-electron chi connectivity index (χ1n) is 4.80. The van der Waals surface area contributed by atoms with Crippen LogP contribution in [0.25, 0.3) is 0 Å². The SMILES string of the molecule is O=C(NCc1ccsc1)c1cccc(F)c1. The zero-order valence-electron chi connectivity index (χ0n) is 8.44. The van der Waals surface area contributed by atoms with Crippen molar-refractivity contribution in [1.29, 1.82) is 0 Å². The third-order valence-corrected chi connectivity index (χ3v) is 2.85. The average Bonchev–Trinajstić information content (AvgIpc) is 2.78. The Hall–Kier alpha value is -1.68. The second-order valence-electron chi connectivity index (χ2n) is 3.32. The maximum absolute atomic E-state index is 12.9. The zero-order valence-corrected chi connectivity index (χ0v) is 9.26. The van der Waals surface area contributed by atoms with E-state index in [9.17, 15) is 9.18 Å². The largest absolute Gasteiger partial charge is 0.348 e. The van der Waals surface area contributed by atoms with Crippen LogP contribution in [-0.4, -0.2) is 5.91 Å². The van der Waals surface area contributed by atoms with E-state index in [0.717, 1.165) is 5.56 Å². The molecule has 2 aromatic rings. The first-order valence-corrected chi connectivity index (χ1v) is 5.75. The van der Waals surface area contributed by atoms with Gasteiger partial charge in [-0.2, -0.15) is 11.3 Å². The lowest BCUT2D eigenvalue weighted by Crippen LogP contribution is -2.22. The van der Waals surface area contributed by atoms with E-state index in [0.29, 0.717) is 12.1 Å². The highest BCUT2D eigenvalue weighted by Crippen LogP contribution is 2.07. The van der Waals surface area contributed by atoms with Gasteiger partial charge in [0.15, 0.2) is 0 Å². The molecule has 0 spiro atoms. The smallest absolute Gasteiger partial charge is 0.251 e. The number of hydrogen-bond acceptors (Lipinski definition) is 2. The van der Waals surface area contributed by atoms with Gasteiger partial charge in [0, 0.05) is 12.1 Å². The standard InChI is InChI=1S/C12H10FNOS/c13-11-3-1-2-10(6-11)12(15)14-7-9-4-5-16-8-9/h1-6,8H,7H2,(H,14,15). The Kier molecular flexibility index (Phi) is 3.31. The second-order valence-corrected chi connectivity index (χ2v) is 4.10. The summed E-state index contributed by atoms with van der Waals surface area (Å²) in [6.07, 6.45) is 0. The molecule has 82 valence electrons. The summed E-state index contributed by atoms with van der Waals surface area (Å²) in [5, 5.41) is 6.64. The predicted octanol–water partition coefficient (Wildman–Crippen LogP) is 2.82. The Morgan fingerprint density at radius 3 is 2.94 bits per heavy atom. The van der Waals surface area contributed by atoms with Gasteiger partial charge in [-0.15, -0.1) is 0 Å². The van der Waals surface area contributed by atoms with Gasteiger partial charge in [-0.1, -0.05) is 6.07 Å². The Morgan fingerprint density at radius 2 is 2.25 bits per heavy atom. The molecule has 0 fully saturated rings. The molecular formula is C12H10FNOS. The third kappa shape index (κ3) is 2.67. The molecule has 1 heterocycles. The van der Waals surface area contributed by atoms with Crippen LogP contribution in [0.1, 0.15) is 15.9 Å². The van der Waals surface area contributed by atoms with Crippen molar-refractivity contribution in [3.63, 3.8) is 0 Å². The molecule has 0 saturated carbocycles. The Labute approximate surface area is 96.7 Å². The van der Waals surface area contributed by atoms with Crippen molar-refractivity contribution in [2.75, 3.05) is 0 Å². The van der Waals surface area contributed by atoms with E-state index in [1.54, 1.807) is 17.4 Å². The number of rotatable bonds is 3. The van der Waals surface area contributed by atoms with Crippen LogP contribution in [0.15, 0.2) is 41.1 Å². The molecule has 1 aromatic heterocycles. The maximum atomic E-state index is 12.9. The van der Waals surface area contributed by atoms with Crippen molar-refractivity contribution in [3.8, 4) is 0 Å². The molecule has 4 heteroatoms. The summed E-state index contributed by atoms with van der Waals surface area (Å²) in [6.45, 7) is 0.471. The Balaban J connectivity index is 1.98. The minimum Gasteiger partial charge on any atom is -0.348 e. The molecule has 0 bridgehead atoms. The van der Waals surface area contributed by atoms with Crippen molar-refractivity contribution >= 4 is 17.2 Å². The van der Waals surface area contributed by atoms with Gasteiger partial charge in [-0.05, 0) is 40.6 Å². The van der Waals surface area contributed by atoms with Crippen LogP contribution in [0.5, 0.6) is 0 Å². The molecule has 1 N–H and O–H groups in total. The number of hydrogen-bond donors (Lipinski definition) is 1. The lowest BCUT2D eigenvalue weighted by molar-refractivity contribution is 0.0950. The second kappa shape index (κ2) is 4.90. The van der Waals surface area contributed by atoms with Crippen molar-refractivity contribution in [2.24, 2.45) is 0 Å². The number of amides is 1. The van der Waals surface area contributed by atoms with Gasteiger partial charge in [0.05, 0.1) is 0 Å². The average molecular weight is 235 g/mol. The van der Waals surface area contributed by atoms with E-state index in [1.165, 1.54) is 18.2 Å². The molecular weight excluding hydrogens is 225 g/mol. The van der Waals surface area contributed by atoms with Crippen LogP contribution < -0.4 is 5.32 Å². The summed E-state index contributed by atoms with van der Waals surface area (Å²) in [7, 11) is 0. The van der Waals surface area contributed by atoms with Gasteiger partial charge < -0.3 is 5.32 Å². The summed E-state index contributed by atoms with van der Waals surface area (Å²) in [5.41, 5.74) is 1.39. The van der Waals surface area contributed by atoms with E-state index < -0.39 is 5.82 Å². The first kappa shape index (κ1) is 10.8. The summed E-state index contributed by atoms with van der Waals surface area (Å²) in [4.78, 5) is 11.6. The molecule has 0 aliphatic carbocycles. The molecule has 2 rings (SSSR count). The molecule has 1 aromatic carbocycles. The number of carbonyl (C=O) groups excluding carboxylic acids is 1. The Morgan fingerprint density at radius 1 is 1.38 bits per heavy atom. The summed E-state index contributed by atoms with van der Waals surface area (Å²) in [6, 6.07) is 7.59. The normalized spacial score (nSPS) is 10.1. The molecule has 0 atom stereocenters. The van der Waals surface area contributed by atoms with Crippen molar-refractivity contribution in [3.05, 3.63) is 58.0 Å². The number of halogens is 1. The molecule has 0 aliphatic heterocycles. The van der Waals surface area contributed by atoms with Crippen molar-refractivity contribution in [2.45, 2.75) is 6.54 Å². The van der Waals surface area contributed by atoms with E-state index in [4.69, 9.17) is 0 Å². The molecule has 0 aliphatic rings. The van der Waals surface area contributed by atoms with Gasteiger partial charge in [-0.3, -0.25) is 4.79 Å². The highest BCUT2D eigenvalue weighted by atomic mass is 32.1. The predicted molar refractivity (Wildman–Crippen MR) is 61.9 cm³/mol. The molecule has 0 saturated heterocycles. The van der Waals surface area contributed by atoms with Crippen LogP contribution in [0.2, 0.25) is 0 Å².